The molecule has 3 amide bonds. The number of benzene rings is 1. The minimum Gasteiger partial charge on any atom is -0.363 e. The zero-order chi connectivity index (χ0) is 18.6. The van der Waals surface area contributed by atoms with Gasteiger partial charge in [0.1, 0.15) is 6.61 Å². The highest BCUT2D eigenvalue weighted by Gasteiger charge is 2.41. The van der Waals surface area contributed by atoms with Crippen LogP contribution in [0.25, 0.3) is 0 Å². The Kier molecular flexibility index (Phi) is 5.56. The molecule has 0 aromatic heterocycles. The van der Waals surface area contributed by atoms with E-state index in [9.17, 15) is 14.4 Å². The number of hydrogen-bond acceptors (Lipinski definition) is 4. The van der Waals surface area contributed by atoms with E-state index in [-0.39, 0.29) is 30.9 Å². The van der Waals surface area contributed by atoms with E-state index >= 15 is 0 Å². The molecular formula is C19H25N3O4. The average molecular weight is 359 g/mol. The molecule has 0 saturated carbocycles. The molecule has 2 heterocycles. The van der Waals surface area contributed by atoms with Crippen LogP contribution in [0.15, 0.2) is 30.3 Å². The van der Waals surface area contributed by atoms with Crippen LogP contribution in [-0.4, -0.2) is 61.0 Å². The molecule has 1 atom stereocenters. The maximum atomic E-state index is 12.3. The van der Waals surface area contributed by atoms with Gasteiger partial charge in [-0.2, -0.15) is 0 Å². The van der Waals surface area contributed by atoms with Crippen LogP contribution in [0.1, 0.15) is 26.2 Å². The number of carbonyl (C=O) groups is 3. The van der Waals surface area contributed by atoms with Crippen LogP contribution in [0.5, 0.6) is 0 Å². The van der Waals surface area contributed by atoms with Crippen molar-refractivity contribution >= 4 is 23.4 Å². The summed E-state index contributed by atoms with van der Waals surface area (Å²) in [5, 5.41) is 2.55. The summed E-state index contributed by atoms with van der Waals surface area (Å²) in [6.07, 6.45) is 2.28. The summed E-state index contributed by atoms with van der Waals surface area (Å²) in [5.74, 6) is -0.328. The number of anilines is 1. The van der Waals surface area contributed by atoms with Crippen molar-refractivity contribution in [3.05, 3.63) is 30.3 Å². The quantitative estimate of drug-likeness (QED) is 0.871. The van der Waals surface area contributed by atoms with E-state index in [1.807, 2.05) is 30.3 Å². The highest BCUT2D eigenvalue weighted by molar-refractivity contribution is 5.95. The van der Waals surface area contributed by atoms with Crippen molar-refractivity contribution in [2.45, 2.75) is 31.8 Å². The molecule has 1 aromatic carbocycles. The molecule has 1 N–H and O–H groups in total. The predicted octanol–water partition coefficient (Wildman–Crippen LogP) is 0.937. The van der Waals surface area contributed by atoms with Crippen molar-refractivity contribution in [2.75, 3.05) is 37.7 Å². The molecule has 1 unspecified atom stereocenters. The summed E-state index contributed by atoms with van der Waals surface area (Å²) < 4.78 is 5.98. The lowest BCUT2D eigenvalue weighted by molar-refractivity contribution is -0.141. The van der Waals surface area contributed by atoms with Crippen molar-refractivity contribution in [1.82, 2.24) is 10.2 Å². The first-order valence-electron chi connectivity index (χ1n) is 9.01. The van der Waals surface area contributed by atoms with Crippen LogP contribution in [0.4, 0.5) is 5.69 Å². The Morgan fingerprint density at radius 1 is 1.19 bits per heavy atom. The minimum atomic E-state index is -0.424. The third-order valence-corrected chi connectivity index (χ3v) is 5.06. The van der Waals surface area contributed by atoms with Crippen molar-refractivity contribution in [2.24, 2.45) is 0 Å². The summed E-state index contributed by atoms with van der Waals surface area (Å²) in [6, 6.07) is 9.61. The van der Waals surface area contributed by atoms with Gasteiger partial charge in [0.2, 0.25) is 11.8 Å². The van der Waals surface area contributed by atoms with Gasteiger partial charge < -0.3 is 19.9 Å². The molecule has 1 aromatic rings. The van der Waals surface area contributed by atoms with E-state index in [2.05, 4.69) is 5.32 Å². The van der Waals surface area contributed by atoms with E-state index in [4.69, 9.17) is 4.74 Å². The number of morpholine rings is 1. The summed E-state index contributed by atoms with van der Waals surface area (Å²) in [6.45, 7) is 3.20. The van der Waals surface area contributed by atoms with Crippen molar-refractivity contribution < 1.29 is 19.1 Å². The summed E-state index contributed by atoms with van der Waals surface area (Å²) in [4.78, 5) is 39.2. The number of para-hydroxylation sites is 1. The Morgan fingerprint density at radius 3 is 2.69 bits per heavy atom. The molecule has 1 spiro atoms. The van der Waals surface area contributed by atoms with Gasteiger partial charge in [0.25, 0.3) is 5.91 Å². The van der Waals surface area contributed by atoms with Gasteiger partial charge in [0.15, 0.2) is 0 Å². The van der Waals surface area contributed by atoms with Crippen molar-refractivity contribution in [3.63, 3.8) is 0 Å². The molecule has 2 saturated heterocycles. The van der Waals surface area contributed by atoms with E-state index in [0.717, 1.165) is 18.5 Å². The summed E-state index contributed by atoms with van der Waals surface area (Å²) in [5.41, 5.74) is 0.454. The largest absolute Gasteiger partial charge is 0.363 e. The molecule has 0 aliphatic carbocycles. The van der Waals surface area contributed by atoms with E-state index in [1.54, 1.807) is 9.80 Å². The van der Waals surface area contributed by atoms with Gasteiger partial charge in [-0.25, -0.2) is 0 Å². The molecule has 140 valence electrons. The number of nitrogens with zero attached hydrogens (tertiary/aromatic N) is 2. The zero-order valence-electron chi connectivity index (χ0n) is 15.1. The predicted molar refractivity (Wildman–Crippen MR) is 96.6 cm³/mol. The lowest BCUT2D eigenvalue weighted by Crippen LogP contribution is -2.55. The van der Waals surface area contributed by atoms with Crippen molar-refractivity contribution in [1.29, 1.82) is 0 Å². The molecule has 7 nitrogen and oxygen atoms in total. The van der Waals surface area contributed by atoms with Crippen LogP contribution in [-0.2, 0) is 19.1 Å². The maximum absolute atomic E-state index is 12.3. The molecule has 2 aliphatic rings. The summed E-state index contributed by atoms with van der Waals surface area (Å²) in [7, 11) is 0. The van der Waals surface area contributed by atoms with Gasteiger partial charge >= 0.3 is 0 Å². The average Bonchev–Trinajstić information content (AvgIpc) is 2.85. The second kappa shape index (κ2) is 7.86. The van der Waals surface area contributed by atoms with Crippen molar-refractivity contribution in [3.8, 4) is 0 Å². The van der Waals surface area contributed by atoms with Gasteiger partial charge in [-0.1, -0.05) is 18.2 Å². The molecule has 26 heavy (non-hydrogen) atoms. The third-order valence-electron chi connectivity index (χ3n) is 5.06. The van der Waals surface area contributed by atoms with Gasteiger partial charge in [-0.3, -0.25) is 14.4 Å². The second-order valence-electron chi connectivity index (χ2n) is 6.93. The lowest BCUT2D eigenvalue weighted by atomic mass is 9.92. The fourth-order valence-electron chi connectivity index (χ4n) is 3.59. The normalized spacial score (nSPS) is 23.7. The number of nitrogens with one attached hydrogen (secondary N) is 1. The van der Waals surface area contributed by atoms with E-state index in [1.165, 1.54) is 6.92 Å². The Hall–Kier alpha value is -2.41. The van der Waals surface area contributed by atoms with E-state index < -0.39 is 5.60 Å². The third kappa shape index (κ3) is 4.22. The van der Waals surface area contributed by atoms with Gasteiger partial charge in [0.05, 0.1) is 18.7 Å². The molecule has 0 bridgehead atoms. The number of ether oxygens (including phenoxy) is 1. The SMILES string of the molecule is CC(=O)NCC(=O)N1CCCC2(CC1)CN(c1ccccc1)C(=O)CO2. The highest BCUT2D eigenvalue weighted by Crippen LogP contribution is 2.32. The maximum Gasteiger partial charge on any atom is 0.253 e. The van der Waals surface area contributed by atoms with Crippen LogP contribution >= 0.6 is 0 Å². The first-order valence-corrected chi connectivity index (χ1v) is 9.01. The smallest absolute Gasteiger partial charge is 0.253 e. The van der Waals surface area contributed by atoms with Crippen LogP contribution in [0.3, 0.4) is 0 Å². The lowest BCUT2D eigenvalue weighted by Gasteiger charge is -2.42. The molecule has 3 rings (SSSR count). The first-order chi connectivity index (χ1) is 12.5. The van der Waals surface area contributed by atoms with Crippen LogP contribution in [0, 0.1) is 0 Å². The Labute approximate surface area is 153 Å². The van der Waals surface area contributed by atoms with Gasteiger partial charge in [0, 0.05) is 25.7 Å². The molecular weight excluding hydrogens is 334 g/mol. The Morgan fingerprint density at radius 2 is 1.96 bits per heavy atom. The summed E-state index contributed by atoms with van der Waals surface area (Å²) >= 11 is 0. The first kappa shape index (κ1) is 18.4. The standard InChI is InChI=1S/C19H25N3O4/c1-15(23)20-12-17(24)21-10-5-8-19(9-11-21)14-22(18(25)13-26-19)16-6-3-2-4-7-16/h2-4,6-7H,5,8-14H2,1H3,(H,20,23). The van der Waals surface area contributed by atoms with Crippen LogP contribution in [0.2, 0.25) is 0 Å². The second-order valence-corrected chi connectivity index (χ2v) is 6.93. The number of rotatable bonds is 3. The Bertz CT molecular complexity index is 679. The highest BCUT2D eigenvalue weighted by atomic mass is 16.5. The molecule has 7 heteroatoms. The molecule has 0 radical (unpaired) electrons. The van der Waals surface area contributed by atoms with E-state index in [0.29, 0.717) is 26.1 Å². The molecule has 2 fully saturated rings. The van der Waals surface area contributed by atoms with Gasteiger partial charge in [-0.05, 0) is 31.4 Å². The number of amides is 3. The van der Waals surface area contributed by atoms with Crippen LogP contribution < -0.4 is 10.2 Å². The number of carbonyl (C=O) groups excluding carboxylic acids is 3. The van der Waals surface area contributed by atoms with Gasteiger partial charge in [-0.15, -0.1) is 0 Å². The zero-order valence-corrected chi connectivity index (χ0v) is 15.1. The molecule has 2 aliphatic heterocycles. The fourth-order valence-corrected chi connectivity index (χ4v) is 3.59. The minimum absolute atomic E-state index is 0.0256. The Balaban J connectivity index is 1.66. The number of likely N-dealkylation sites (tertiary alicyclic amines) is 1. The fraction of sp³-hybridized carbons (Fsp3) is 0.526. The number of hydrogen-bond donors (Lipinski definition) is 1. The topological polar surface area (TPSA) is 79.0 Å². The monoisotopic (exact) mass is 359 g/mol.